The molecule has 3 rings (SSSR count). The Bertz CT molecular complexity index is 1050. The predicted molar refractivity (Wildman–Crippen MR) is 117 cm³/mol. The van der Waals surface area contributed by atoms with E-state index in [1.165, 1.54) is 23.1 Å². The van der Waals surface area contributed by atoms with Gasteiger partial charge in [-0.05, 0) is 56.9 Å². The van der Waals surface area contributed by atoms with Gasteiger partial charge in [0.1, 0.15) is 5.76 Å². The van der Waals surface area contributed by atoms with E-state index in [-0.39, 0.29) is 23.6 Å². The number of hydrogen-bond donors (Lipinski definition) is 1. The Labute approximate surface area is 184 Å². The fourth-order valence-corrected chi connectivity index (χ4v) is 3.71. The molecule has 1 saturated heterocycles. The summed E-state index contributed by atoms with van der Waals surface area (Å²) in [4.78, 5) is 39.8. The molecule has 0 bridgehead atoms. The van der Waals surface area contributed by atoms with Crippen molar-refractivity contribution in [2.75, 3.05) is 27.2 Å². The molecule has 8 nitrogen and oxygen atoms in total. The summed E-state index contributed by atoms with van der Waals surface area (Å²) in [6.45, 7) is 0.940. The minimum absolute atomic E-state index is 0.0994. The van der Waals surface area contributed by atoms with Gasteiger partial charge in [0.05, 0.1) is 16.5 Å². The van der Waals surface area contributed by atoms with Crippen molar-refractivity contribution in [3.05, 3.63) is 80.4 Å². The van der Waals surface area contributed by atoms with Crippen LogP contribution in [0.5, 0.6) is 0 Å². The van der Waals surface area contributed by atoms with Gasteiger partial charge in [-0.2, -0.15) is 0 Å². The molecule has 0 radical (unpaired) electrons. The fourth-order valence-electron chi connectivity index (χ4n) is 3.59. The number of non-ortho nitro benzene ring substituents is 1. The summed E-state index contributed by atoms with van der Waals surface area (Å²) < 4.78 is 0. The maximum absolute atomic E-state index is 12.9. The van der Waals surface area contributed by atoms with Crippen LogP contribution in [0.3, 0.4) is 0 Å². The monoisotopic (exact) mass is 443 g/mol. The fraction of sp³-hybridized carbons (Fsp3) is 0.273. The first kappa shape index (κ1) is 22.5. The van der Waals surface area contributed by atoms with Crippen molar-refractivity contribution in [2.45, 2.75) is 12.5 Å². The molecule has 0 saturated carbocycles. The number of halogens is 1. The lowest BCUT2D eigenvalue weighted by Gasteiger charge is -2.25. The van der Waals surface area contributed by atoms with Gasteiger partial charge < -0.3 is 14.9 Å². The number of aliphatic hydroxyl groups excluding tert-OH is 1. The van der Waals surface area contributed by atoms with E-state index in [0.29, 0.717) is 29.1 Å². The number of aliphatic hydroxyl groups is 1. The molecule has 2 aromatic rings. The summed E-state index contributed by atoms with van der Waals surface area (Å²) in [5, 5.41) is 22.7. The number of amides is 1. The number of carbonyl (C=O) groups excluding carboxylic acids is 2. The van der Waals surface area contributed by atoms with E-state index in [9.17, 15) is 24.8 Å². The molecular weight excluding hydrogens is 422 g/mol. The smallest absolute Gasteiger partial charge is 0.295 e. The lowest BCUT2D eigenvalue weighted by atomic mass is 9.95. The topological polar surface area (TPSA) is 104 Å². The van der Waals surface area contributed by atoms with Gasteiger partial charge in [0.2, 0.25) is 0 Å². The first-order chi connectivity index (χ1) is 14.7. The van der Waals surface area contributed by atoms with Gasteiger partial charge in [0.15, 0.2) is 0 Å². The van der Waals surface area contributed by atoms with Crippen LogP contribution in [0.4, 0.5) is 5.69 Å². The van der Waals surface area contributed by atoms with Gasteiger partial charge in [0, 0.05) is 29.3 Å². The van der Waals surface area contributed by atoms with Crippen LogP contribution in [0, 0.1) is 10.1 Å². The molecule has 1 aliphatic rings. The van der Waals surface area contributed by atoms with Crippen molar-refractivity contribution in [3.63, 3.8) is 0 Å². The first-order valence-electron chi connectivity index (χ1n) is 9.64. The maximum atomic E-state index is 12.9. The molecule has 2 aromatic carbocycles. The third-order valence-corrected chi connectivity index (χ3v) is 5.31. The lowest BCUT2D eigenvalue weighted by Crippen LogP contribution is -2.32. The van der Waals surface area contributed by atoms with E-state index >= 15 is 0 Å². The van der Waals surface area contributed by atoms with Gasteiger partial charge in [-0.3, -0.25) is 19.7 Å². The number of Topliss-reactive ketones (excluding diaryl/α,β-unsaturated/α-hetero) is 1. The highest BCUT2D eigenvalue weighted by Crippen LogP contribution is 2.40. The number of nitro benzene ring substituents is 1. The Morgan fingerprint density at radius 3 is 2.48 bits per heavy atom. The van der Waals surface area contributed by atoms with Gasteiger partial charge in [0.25, 0.3) is 17.4 Å². The van der Waals surface area contributed by atoms with Crippen molar-refractivity contribution in [1.82, 2.24) is 9.80 Å². The summed E-state index contributed by atoms with van der Waals surface area (Å²) in [5.74, 6) is -1.92. The molecule has 0 aromatic heterocycles. The second kappa shape index (κ2) is 9.28. The molecule has 1 amide bonds. The van der Waals surface area contributed by atoms with Crippen LogP contribution in [-0.2, 0) is 9.59 Å². The third kappa shape index (κ3) is 4.76. The van der Waals surface area contributed by atoms with E-state index in [4.69, 9.17) is 11.6 Å². The van der Waals surface area contributed by atoms with Gasteiger partial charge >= 0.3 is 0 Å². The molecule has 1 atom stereocenters. The van der Waals surface area contributed by atoms with Crippen LogP contribution >= 0.6 is 11.6 Å². The molecule has 0 unspecified atom stereocenters. The molecule has 1 heterocycles. The van der Waals surface area contributed by atoms with Gasteiger partial charge in [-0.15, -0.1) is 0 Å². The Kier molecular flexibility index (Phi) is 6.72. The molecule has 1 N–H and O–H groups in total. The summed E-state index contributed by atoms with van der Waals surface area (Å²) in [7, 11) is 3.79. The molecule has 1 fully saturated rings. The van der Waals surface area contributed by atoms with Crippen LogP contribution in [0.2, 0.25) is 5.02 Å². The zero-order chi connectivity index (χ0) is 22.7. The Balaban J connectivity index is 2.13. The van der Waals surface area contributed by atoms with E-state index < -0.39 is 22.7 Å². The summed E-state index contributed by atoms with van der Waals surface area (Å²) in [6, 6.07) is 11.0. The molecule has 0 aliphatic carbocycles. The van der Waals surface area contributed by atoms with Crippen molar-refractivity contribution in [3.8, 4) is 0 Å². The van der Waals surface area contributed by atoms with Crippen LogP contribution in [0.25, 0.3) is 5.76 Å². The van der Waals surface area contributed by atoms with E-state index in [1.807, 2.05) is 19.0 Å². The summed E-state index contributed by atoms with van der Waals surface area (Å²) >= 11 is 5.91. The third-order valence-electron chi connectivity index (χ3n) is 5.06. The van der Waals surface area contributed by atoms with Crippen molar-refractivity contribution >= 4 is 34.7 Å². The average molecular weight is 444 g/mol. The lowest BCUT2D eigenvalue weighted by molar-refractivity contribution is -0.384. The van der Waals surface area contributed by atoms with Gasteiger partial charge in [-0.25, -0.2) is 0 Å². The zero-order valence-corrected chi connectivity index (χ0v) is 17.9. The molecule has 1 aliphatic heterocycles. The number of ketones is 1. The Morgan fingerprint density at radius 2 is 1.87 bits per heavy atom. The van der Waals surface area contributed by atoms with Crippen molar-refractivity contribution in [1.29, 1.82) is 0 Å². The molecule has 31 heavy (non-hydrogen) atoms. The van der Waals surface area contributed by atoms with Crippen LogP contribution in [0.1, 0.15) is 23.6 Å². The highest BCUT2D eigenvalue weighted by atomic mass is 35.5. The highest BCUT2D eigenvalue weighted by molar-refractivity contribution is 6.46. The SMILES string of the molecule is CN(C)CCCN1C(=O)C(=O)/C(=C(/O)c2ccc(Cl)cc2)[C@H]1c1cccc([N+](=O)[O-])c1. The van der Waals surface area contributed by atoms with E-state index in [1.54, 1.807) is 30.3 Å². The number of rotatable bonds is 7. The number of likely N-dealkylation sites (tertiary alicyclic amines) is 1. The van der Waals surface area contributed by atoms with Crippen LogP contribution < -0.4 is 0 Å². The minimum atomic E-state index is -0.933. The molecule has 9 heteroatoms. The molecule has 0 spiro atoms. The molecule has 162 valence electrons. The van der Waals surface area contributed by atoms with E-state index in [2.05, 4.69) is 0 Å². The number of nitrogens with zero attached hydrogens (tertiary/aromatic N) is 3. The summed E-state index contributed by atoms with van der Waals surface area (Å²) in [5.41, 5.74) is 0.445. The molecular formula is C22H22ClN3O5. The zero-order valence-electron chi connectivity index (χ0n) is 17.1. The maximum Gasteiger partial charge on any atom is 0.295 e. The quantitative estimate of drug-likeness (QED) is 0.230. The number of benzene rings is 2. The second-order valence-corrected chi connectivity index (χ2v) is 7.94. The highest BCUT2D eigenvalue weighted by Gasteiger charge is 2.46. The largest absolute Gasteiger partial charge is 0.507 e. The Hall–Kier alpha value is -3.23. The first-order valence-corrected chi connectivity index (χ1v) is 10.0. The van der Waals surface area contributed by atoms with Crippen LogP contribution in [-0.4, -0.2) is 58.7 Å². The van der Waals surface area contributed by atoms with Crippen molar-refractivity contribution < 1.29 is 19.6 Å². The average Bonchev–Trinajstić information content (AvgIpc) is 2.98. The normalized spacial score (nSPS) is 18.1. The minimum Gasteiger partial charge on any atom is -0.507 e. The van der Waals surface area contributed by atoms with Crippen molar-refractivity contribution in [2.24, 2.45) is 0 Å². The predicted octanol–water partition coefficient (Wildman–Crippen LogP) is 3.62. The number of nitro groups is 1. The second-order valence-electron chi connectivity index (χ2n) is 7.51. The van der Waals surface area contributed by atoms with Crippen LogP contribution in [0.15, 0.2) is 54.1 Å². The van der Waals surface area contributed by atoms with E-state index in [0.717, 1.165) is 0 Å². The summed E-state index contributed by atoms with van der Waals surface area (Å²) in [6.07, 6.45) is 0.590. The number of carbonyl (C=O) groups is 2. The standard InChI is InChI=1S/C22H22ClN3O5/c1-24(2)11-4-12-25-19(15-5-3-6-17(13-15)26(30)31)18(21(28)22(25)29)20(27)14-7-9-16(23)10-8-14/h3,5-10,13,19,27H,4,11-12H2,1-2H3/b20-18+/t19-/m1/s1. The Morgan fingerprint density at radius 1 is 1.19 bits per heavy atom. The number of hydrogen-bond acceptors (Lipinski definition) is 6. The van der Waals surface area contributed by atoms with Gasteiger partial charge in [-0.1, -0.05) is 23.7 Å².